The Balaban J connectivity index is 3.68. The Morgan fingerprint density at radius 1 is 1.36 bits per heavy atom. The maximum absolute atomic E-state index is 11.7. The summed E-state index contributed by atoms with van der Waals surface area (Å²) < 4.78 is 35.2. The number of nitrogens with zero attached hydrogens (tertiary/aromatic N) is 1. The molecule has 5 heteroatoms. The van der Waals surface area contributed by atoms with Gasteiger partial charge in [0.1, 0.15) is 0 Å². The average Bonchev–Trinajstić information content (AvgIpc) is 1.84. The van der Waals surface area contributed by atoms with E-state index in [1.165, 1.54) is 4.90 Å². The molecule has 0 fully saturated rings. The van der Waals surface area contributed by atoms with Gasteiger partial charge in [-0.1, -0.05) is 6.92 Å². The summed E-state index contributed by atoms with van der Waals surface area (Å²) >= 11 is 3.85. The van der Waals surface area contributed by atoms with Crippen LogP contribution in [0.25, 0.3) is 0 Å². The molecule has 0 saturated carbocycles. The van der Waals surface area contributed by atoms with E-state index in [1.807, 2.05) is 0 Å². The minimum atomic E-state index is -4.08. The molecule has 0 aromatic rings. The second-order valence-electron chi connectivity index (χ2n) is 2.21. The normalized spacial score (nSPS) is 12.5. The maximum Gasteiger partial charge on any atom is 0.401 e. The monoisotopic (exact) mass is 187 g/mol. The Hall–Kier alpha value is 0.100. The highest BCUT2D eigenvalue weighted by Crippen LogP contribution is 2.15. The fraction of sp³-hybridized carbons (Fsp3) is 1.00. The Morgan fingerprint density at radius 3 is 2.18 bits per heavy atom. The molecule has 0 aromatic heterocycles. The van der Waals surface area contributed by atoms with Gasteiger partial charge in [-0.05, 0) is 6.54 Å². The lowest BCUT2D eigenvalue weighted by molar-refractivity contribution is -0.144. The van der Waals surface area contributed by atoms with E-state index < -0.39 is 12.7 Å². The molecule has 0 N–H and O–H groups in total. The van der Waals surface area contributed by atoms with Gasteiger partial charge < -0.3 is 0 Å². The third-order valence-corrected chi connectivity index (χ3v) is 1.47. The number of thiol groups is 1. The summed E-state index contributed by atoms with van der Waals surface area (Å²) in [4.78, 5) is 1.31. The average molecular weight is 187 g/mol. The van der Waals surface area contributed by atoms with E-state index in [0.717, 1.165) is 0 Å². The summed E-state index contributed by atoms with van der Waals surface area (Å²) in [6.45, 7) is 1.68. The smallest absolute Gasteiger partial charge is 0.294 e. The molecule has 0 aliphatic rings. The molecule has 11 heavy (non-hydrogen) atoms. The van der Waals surface area contributed by atoms with Crippen LogP contribution in [-0.2, 0) is 0 Å². The SMILES string of the molecule is CCN(CCS)CC(F)(F)F. The van der Waals surface area contributed by atoms with Crippen LogP contribution in [0.2, 0.25) is 0 Å². The van der Waals surface area contributed by atoms with E-state index in [2.05, 4.69) is 12.6 Å². The van der Waals surface area contributed by atoms with E-state index in [9.17, 15) is 13.2 Å². The fourth-order valence-corrected chi connectivity index (χ4v) is 1.03. The van der Waals surface area contributed by atoms with E-state index in [-0.39, 0.29) is 0 Å². The van der Waals surface area contributed by atoms with Crippen molar-refractivity contribution in [3.63, 3.8) is 0 Å². The van der Waals surface area contributed by atoms with E-state index in [1.54, 1.807) is 6.92 Å². The van der Waals surface area contributed by atoms with Gasteiger partial charge in [-0.2, -0.15) is 25.8 Å². The van der Waals surface area contributed by atoms with Gasteiger partial charge >= 0.3 is 6.18 Å². The summed E-state index contributed by atoms with van der Waals surface area (Å²) in [6.07, 6.45) is -4.08. The minimum absolute atomic E-state index is 0.388. The summed E-state index contributed by atoms with van der Waals surface area (Å²) in [5.41, 5.74) is 0. The van der Waals surface area contributed by atoms with Crippen LogP contribution in [0.4, 0.5) is 13.2 Å². The summed E-state index contributed by atoms with van der Waals surface area (Å²) in [5, 5.41) is 0. The maximum atomic E-state index is 11.7. The molecule has 0 rings (SSSR count). The number of hydrogen-bond donors (Lipinski definition) is 1. The second kappa shape index (κ2) is 4.87. The standard InChI is InChI=1S/C6H12F3NS/c1-2-10(3-4-11)5-6(7,8)9/h11H,2-5H2,1H3. The van der Waals surface area contributed by atoms with Gasteiger partial charge in [-0.15, -0.1) is 0 Å². The van der Waals surface area contributed by atoms with Crippen LogP contribution < -0.4 is 0 Å². The first-order valence-corrected chi connectivity index (χ1v) is 4.02. The van der Waals surface area contributed by atoms with Crippen molar-refractivity contribution < 1.29 is 13.2 Å². The quantitative estimate of drug-likeness (QED) is 0.657. The zero-order valence-corrected chi connectivity index (χ0v) is 7.25. The molecule has 0 aromatic carbocycles. The van der Waals surface area contributed by atoms with E-state index in [4.69, 9.17) is 0 Å². The molecule has 0 aliphatic carbocycles. The van der Waals surface area contributed by atoms with Crippen molar-refractivity contribution in [2.24, 2.45) is 0 Å². The van der Waals surface area contributed by atoms with Crippen LogP contribution in [0.15, 0.2) is 0 Å². The molecule has 0 aliphatic heterocycles. The van der Waals surface area contributed by atoms with Gasteiger partial charge in [0.15, 0.2) is 0 Å². The number of hydrogen-bond acceptors (Lipinski definition) is 2. The first kappa shape index (κ1) is 11.1. The summed E-state index contributed by atoms with van der Waals surface area (Å²) in [7, 11) is 0. The Morgan fingerprint density at radius 2 is 1.91 bits per heavy atom. The molecule has 0 bridgehead atoms. The van der Waals surface area contributed by atoms with Crippen molar-refractivity contribution >= 4 is 12.6 Å². The van der Waals surface area contributed by atoms with Gasteiger partial charge in [-0.3, -0.25) is 4.90 Å². The molecule has 68 valence electrons. The first-order chi connectivity index (χ1) is 4.99. The van der Waals surface area contributed by atoms with E-state index >= 15 is 0 Å². The van der Waals surface area contributed by atoms with Crippen LogP contribution in [0, 0.1) is 0 Å². The molecule has 0 spiro atoms. The highest BCUT2D eigenvalue weighted by molar-refractivity contribution is 7.80. The largest absolute Gasteiger partial charge is 0.401 e. The van der Waals surface area contributed by atoms with Crippen LogP contribution in [-0.4, -0.2) is 36.5 Å². The van der Waals surface area contributed by atoms with Gasteiger partial charge in [0.25, 0.3) is 0 Å². The van der Waals surface area contributed by atoms with Crippen LogP contribution in [0.5, 0.6) is 0 Å². The molecular weight excluding hydrogens is 175 g/mol. The number of rotatable bonds is 4. The van der Waals surface area contributed by atoms with Crippen molar-refractivity contribution in [2.75, 3.05) is 25.4 Å². The van der Waals surface area contributed by atoms with Crippen LogP contribution in [0.1, 0.15) is 6.92 Å². The van der Waals surface area contributed by atoms with Crippen molar-refractivity contribution in [1.82, 2.24) is 4.90 Å². The van der Waals surface area contributed by atoms with E-state index in [0.29, 0.717) is 18.8 Å². The fourth-order valence-electron chi connectivity index (χ4n) is 0.744. The molecule has 0 atom stereocenters. The molecule has 0 unspecified atom stereocenters. The van der Waals surface area contributed by atoms with Gasteiger partial charge in [0.05, 0.1) is 6.54 Å². The molecule has 0 heterocycles. The molecule has 0 amide bonds. The van der Waals surface area contributed by atoms with Crippen molar-refractivity contribution in [3.05, 3.63) is 0 Å². The topological polar surface area (TPSA) is 3.24 Å². The van der Waals surface area contributed by atoms with Gasteiger partial charge in [-0.25, -0.2) is 0 Å². The molecular formula is C6H12F3NS. The lowest BCUT2D eigenvalue weighted by atomic mass is 10.5. The first-order valence-electron chi connectivity index (χ1n) is 3.39. The minimum Gasteiger partial charge on any atom is -0.294 e. The van der Waals surface area contributed by atoms with Crippen LogP contribution in [0.3, 0.4) is 0 Å². The van der Waals surface area contributed by atoms with Crippen molar-refractivity contribution in [1.29, 1.82) is 0 Å². The molecule has 1 nitrogen and oxygen atoms in total. The number of alkyl halides is 3. The van der Waals surface area contributed by atoms with Crippen molar-refractivity contribution in [3.8, 4) is 0 Å². The van der Waals surface area contributed by atoms with Gasteiger partial charge in [0, 0.05) is 12.3 Å². The molecule has 0 radical (unpaired) electrons. The second-order valence-corrected chi connectivity index (χ2v) is 2.65. The highest BCUT2D eigenvalue weighted by Gasteiger charge is 2.29. The Bertz CT molecular complexity index is 104. The third-order valence-electron chi connectivity index (χ3n) is 1.27. The molecule has 0 saturated heterocycles. The Labute approximate surface area is 70.0 Å². The number of halogens is 3. The van der Waals surface area contributed by atoms with Crippen molar-refractivity contribution in [2.45, 2.75) is 13.1 Å². The summed E-state index contributed by atoms with van der Waals surface area (Å²) in [5.74, 6) is 0.462. The zero-order valence-electron chi connectivity index (χ0n) is 6.36. The Kier molecular flexibility index (Phi) is 4.92. The summed E-state index contributed by atoms with van der Waals surface area (Å²) in [6, 6.07) is 0. The predicted octanol–water partition coefficient (Wildman–Crippen LogP) is 1.80. The van der Waals surface area contributed by atoms with Crippen LogP contribution >= 0.6 is 12.6 Å². The van der Waals surface area contributed by atoms with Gasteiger partial charge in [0.2, 0.25) is 0 Å². The third kappa shape index (κ3) is 6.50. The lowest BCUT2D eigenvalue weighted by Gasteiger charge is -2.20. The lowest BCUT2D eigenvalue weighted by Crippen LogP contribution is -2.35. The predicted molar refractivity (Wildman–Crippen MR) is 42.0 cm³/mol. The highest BCUT2D eigenvalue weighted by atomic mass is 32.1. The zero-order chi connectivity index (χ0) is 8.91.